The Kier molecular flexibility index (Phi) is 8.45. The van der Waals surface area contributed by atoms with Crippen LogP contribution in [-0.2, 0) is 24.3 Å². The van der Waals surface area contributed by atoms with Crippen molar-refractivity contribution in [3.63, 3.8) is 0 Å². The quantitative estimate of drug-likeness (QED) is 0.543. The number of nitrogens with one attached hydrogen (secondary N) is 2. The molecule has 0 bridgehead atoms. The van der Waals surface area contributed by atoms with E-state index >= 15 is 0 Å². The lowest BCUT2D eigenvalue weighted by Gasteiger charge is -2.20. The number of amides is 1. The average molecular weight is 495 g/mol. The summed E-state index contributed by atoms with van der Waals surface area (Å²) in [5, 5.41) is 3.14. The van der Waals surface area contributed by atoms with Crippen molar-refractivity contribution in [3.05, 3.63) is 51.6 Å². The number of aromatic nitrogens is 1. The van der Waals surface area contributed by atoms with Crippen LogP contribution in [0.5, 0.6) is 0 Å². The monoisotopic (exact) mass is 493 g/mol. The second-order valence-electron chi connectivity index (χ2n) is 6.44. The first-order valence-corrected chi connectivity index (χ1v) is 11.2. The summed E-state index contributed by atoms with van der Waals surface area (Å²) in [4.78, 5) is 28.2. The summed E-state index contributed by atoms with van der Waals surface area (Å²) in [5.74, 6) is -2.02. The molecule has 1 atom stereocenters. The molecule has 0 fully saturated rings. The summed E-state index contributed by atoms with van der Waals surface area (Å²) in [5.41, 5.74) is 0. The number of hydrogen-bond donors (Lipinski definition) is 2. The number of ether oxygens (including phenoxy) is 1. The minimum Gasteiger partial charge on any atom is -0.454 e. The Morgan fingerprint density at radius 1 is 1.10 bits per heavy atom. The Labute approximate surface area is 188 Å². The number of sulfonamides is 1. The van der Waals surface area contributed by atoms with Gasteiger partial charge in [0.2, 0.25) is 10.0 Å². The zero-order valence-electron chi connectivity index (χ0n) is 15.9. The van der Waals surface area contributed by atoms with E-state index in [1.807, 2.05) is 0 Å². The molecule has 0 aliphatic heterocycles. The number of hydrogen-bond acceptors (Lipinski definition) is 6. The van der Waals surface area contributed by atoms with Crippen LogP contribution in [0.4, 0.5) is 5.82 Å². The minimum absolute atomic E-state index is 0.0472. The van der Waals surface area contributed by atoms with Crippen LogP contribution in [0.2, 0.25) is 15.1 Å². The van der Waals surface area contributed by atoms with Gasteiger partial charge in [-0.2, -0.15) is 4.72 Å². The normalized spacial score (nSPS) is 12.5. The standard InChI is InChI=1S/C18H18Cl3N3O5S/c1-10(2)16(24-30(27,28)13-5-3-11(19)4-6-13)18(26)29-9-15(25)23-17-14(21)7-12(20)8-22-17/h3-8,10,16,24H,9H2,1-2H3,(H,22,23,25). The molecule has 1 aromatic heterocycles. The number of anilines is 1. The molecule has 1 heterocycles. The number of benzene rings is 1. The van der Waals surface area contributed by atoms with Crippen molar-refractivity contribution in [1.82, 2.24) is 9.71 Å². The van der Waals surface area contributed by atoms with Crippen LogP contribution >= 0.6 is 34.8 Å². The number of carbonyl (C=O) groups is 2. The van der Waals surface area contributed by atoms with Crippen LogP contribution < -0.4 is 10.0 Å². The number of halogens is 3. The fourth-order valence-electron chi connectivity index (χ4n) is 2.21. The highest BCUT2D eigenvalue weighted by Gasteiger charge is 2.30. The van der Waals surface area contributed by atoms with E-state index in [1.54, 1.807) is 13.8 Å². The Morgan fingerprint density at radius 2 is 1.73 bits per heavy atom. The number of pyridine rings is 1. The first-order chi connectivity index (χ1) is 14.0. The fourth-order valence-corrected chi connectivity index (χ4v) is 4.09. The maximum Gasteiger partial charge on any atom is 0.324 e. The van der Waals surface area contributed by atoms with Gasteiger partial charge in [0.15, 0.2) is 12.4 Å². The summed E-state index contributed by atoms with van der Waals surface area (Å²) in [6.45, 7) is 2.60. The summed E-state index contributed by atoms with van der Waals surface area (Å²) in [6, 6.07) is 5.62. The van der Waals surface area contributed by atoms with E-state index in [9.17, 15) is 18.0 Å². The van der Waals surface area contributed by atoms with E-state index in [1.165, 1.54) is 36.5 Å². The predicted molar refractivity (Wildman–Crippen MR) is 114 cm³/mol. The molecule has 2 rings (SSSR count). The van der Waals surface area contributed by atoms with E-state index < -0.39 is 40.5 Å². The lowest BCUT2D eigenvalue weighted by atomic mass is 10.1. The molecule has 0 radical (unpaired) electrons. The van der Waals surface area contributed by atoms with Gasteiger partial charge in [0, 0.05) is 11.2 Å². The van der Waals surface area contributed by atoms with E-state index in [2.05, 4.69) is 15.0 Å². The first-order valence-electron chi connectivity index (χ1n) is 8.55. The van der Waals surface area contributed by atoms with Crippen LogP contribution in [0.1, 0.15) is 13.8 Å². The van der Waals surface area contributed by atoms with E-state index in [0.717, 1.165) is 0 Å². The molecule has 1 aromatic carbocycles. The highest BCUT2D eigenvalue weighted by atomic mass is 35.5. The topological polar surface area (TPSA) is 114 Å². The molecule has 2 N–H and O–H groups in total. The van der Waals surface area contributed by atoms with Crippen LogP contribution in [0.25, 0.3) is 0 Å². The van der Waals surface area contributed by atoms with Crippen molar-refractivity contribution >= 4 is 62.5 Å². The molecule has 1 amide bonds. The second-order valence-corrected chi connectivity index (χ2v) is 9.43. The Bertz CT molecular complexity index is 1030. The SMILES string of the molecule is CC(C)C(NS(=O)(=O)c1ccc(Cl)cc1)C(=O)OCC(=O)Nc1ncc(Cl)cc1Cl. The smallest absolute Gasteiger partial charge is 0.324 e. The van der Waals surface area contributed by atoms with Gasteiger partial charge in [-0.15, -0.1) is 0 Å². The third-order valence-corrected chi connectivity index (χ3v) is 5.94. The van der Waals surface area contributed by atoms with Crippen LogP contribution in [0, 0.1) is 5.92 Å². The molecule has 162 valence electrons. The van der Waals surface area contributed by atoms with Gasteiger partial charge in [-0.25, -0.2) is 13.4 Å². The highest BCUT2D eigenvalue weighted by molar-refractivity contribution is 7.89. The van der Waals surface area contributed by atoms with Gasteiger partial charge in [-0.1, -0.05) is 48.7 Å². The largest absolute Gasteiger partial charge is 0.454 e. The number of nitrogens with zero attached hydrogens (tertiary/aromatic N) is 1. The summed E-state index contributed by atoms with van der Waals surface area (Å²) in [6.07, 6.45) is 1.29. The van der Waals surface area contributed by atoms with Crippen LogP contribution in [0.15, 0.2) is 41.4 Å². The molecule has 0 aliphatic rings. The first kappa shape index (κ1) is 24.4. The van der Waals surface area contributed by atoms with E-state index in [0.29, 0.717) is 5.02 Å². The molecule has 8 nitrogen and oxygen atoms in total. The molecule has 0 spiro atoms. The molecular weight excluding hydrogens is 477 g/mol. The molecule has 30 heavy (non-hydrogen) atoms. The summed E-state index contributed by atoms with van der Waals surface area (Å²) < 4.78 is 32.3. The highest BCUT2D eigenvalue weighted by Crippen LogP contribution is 2.22. The maximum atomic E-state index is 12.5. The zero-order chi connectivity index (χ0) is 22.5. The molecule has 0 saturated carbocycles. The lowest BCUT2D eigenvalue weighted by molar-refractivity contribution is -0.150. The number of rotatable bonds is 8. The summed E-state index contributed by atoms with van der Waals surface area (Å²) in [7, 11) is -4.01. The molecular formula is C18H18Cl3N3O5S. The van der Waals surface area contributed by atoms with Crippen molar-refractivity contribution in [3.8, 4) is 0 Å². The third kappa shape index (κ3) is 6.82. The van der Waals surface area contributed by atoms with E-state index in [-0.39, 0.29) is 20.8 Å². The molecule has 1 unspecified atom stereocenters. The lowest BCUT2D eigenvalue weighted by Crippen LogP contribution is -2.45. The molecule has 0 aliphatic carbocycles. The predicted octanol–water partition coefficient (Wildman–Crippen LogP) is 3.53. The second kappa shape index (κ2) is 10.4. The van der Waals surface area contributed by atoms with Crippen LogP contribution in [-0.4, -0.2) is 37.9 Å². The Balaban J connectivity index is 2.01. The van der Waals surface area contributed by atoms with Gasteiger partial charge < -0.3 is 10.1 Å². The van der Waals surface area contributed by atoms with Gasteiger partial charge in [-0.05, 0) is 36.2 Å². The third-order valence-electron chi connectivity index (χ3n) is 3.74. The van der Waals surface area contributed by atoms with Crippen molar-refractivity contribution in [1.29, 1.82) is 0 Å². The fraction of sp³-hybridized carbons (Fsp3) is 0.278. The van der Waals surface area contributed by atoms with Gasteiger partial charge in [0.05, 0.1) is 14.9 Å². The van der Waals surface area contributed by atoms with Gasteiger partial charge >= 0.3 is 5.97 Å². The summed E-state index contributed by atoms with van der Waals surface area (Å²) >= 11 is 17.4. The molecule has 12 heteroatoms. The number of carbonyl (C=O) groups excluding carboxylic acids is 2. The minimum atomic E-state index is -4.01. The zero-order valence-corrected chi connectivity index (χ0v) is 18.9. The van der Waals surface area contributed by atoms with Crippen LogP contribution in [0.3, 0.4) is 0 Å². The van der Waals surface area contributed by atoms with Gasteiger partial charge in [0.25, 0.3) is 5.91 Å². The van der Waals surface area contributed by atoms with Gasteiger partial charge in [-0.3, -0.25) is 9.59 Å². The maximum absolute atomic E-state index is 12.5. The number of esters is 1. The Hall–Kier alpha value is -1.91. The van der Waals surface area contributed by atoms with Crippen molar-refractivity contribution in [2.75, 3.05) is 11.9 Å². The molecule has 0 saturated heterocycles. The van der Waals surface area contributed by atoms with Crippen molar-refractivity contribution in [2.45, 2.75) is 24.8 Å². The van der Waals surface area contributed by atoms with E-state index in [4.69, 9.17) is 39.5 Å². The average Bonchev–Trinajstić information content (AvgIpc) is 2.66. The molecule has 2 aromatic rings. The van der Waals surface area contributed by atoms with Crippen molar-refractivity contribution < 1.29 is 22.7 Å². The Morgan fingerprint density at radius 3 is 2.30 bits per heavy atom. The van der Waals surface area contributed by atoms with Crippen molar-refractivity contribution in [2.24, 2.45) is 5.92 Å². The van der Waals surface area contributed by atoms with Gasteiger partial charge in [0.1, 0.15) is 6.04 Å².